The Labute approximate surface area is 154 Å². The molecule has 0 spiro atoms. The summed E-state index contributed by atoms with van der Waals surface area (Å²) in [6.45, 7) is 7.97. The number of nitrogens with two attached hydrogens (primary N) is 1. The van der Waals surface area contributed by atoms with Crippen LogP contribution in [0.1, 0.15) is 49.5 Å². The predicted octanol–water partition coefficient (Wildman–Crippen LogP) is 2.58. The molecule has 1 aliphatic heterocycles. The number of hydrogen-bond acceptors (Lipinski definition) is 5. The smallest absolute Gasteiger partial charge is 0.410 e. The van der Waals surface area contributed by atoms with Gasteiger partial charge < -0.3 is 15.4 Å². The zero-order valence-corrected chi connectivity index (χ0v) is 15.8. The van der Waals surface area contributed by atoms with E-state index in [0.29, 0.717) is 42.6 Å². The maximum absolute atomic E-state index is 12.9. The van der Waals surface area contributed by atoms with Crippen LogP contribution in [0.25, 0.3) is 0 Å². The molecule has 7 heteroatoms. The van der Waals surface area contributed by atoms with Gasteiger partial charge in [-0.3, -0.25) is 14.5 Å². The van der Waals surface area contributed by atoms with E-state index < -0.39 is 23.6 Å². The van der Waals surface area contributed by atoms with E-state index in [1.165, 1.54) is 0 Å². The lowest BCUT2D eigenvalue weighted by molar-refractivity contribution is -0.118. The Morgan fingerprint density at radius 2 is 2.04 bits per heavy atom. The maximum atomic E-state index is 12.9. The number of nitrogen functional groups attached to an aromatic ring is 1. The third kappa shape index (κ3) is 4.53. The first kappa shape index (κ1) is 19.8. The molecule has 142 valence electrons. The number of nitrogens with zero attached hydrogens (tertiary/aromatic N) is 2. The van der Waals surface area contributed by atoms with Gasteiger partial charge in [0.05, 0.1) is 11.6 Å². The number of ether oxygens (including phenoxy) is 1. The van der Waals surface area contributed by atoms with E-state index >= 15 is 0 Å². The molecule has 1 aliphatic rings. The summed E-state index contributed by atoms with van der Waals surface area (Å²) in [4.78, 5) is 39.6. The molecule has 1 unspecified atom stereocenters. The molecule has 7 nitrogen and oxygen atoms in total. The Bertz CT molecular complexity index is 676. The van der Waals surface area contributed by atoms with E-state index in [-0.39, 0.29) is 6.54 Å². The van der Waals surface area contributed by atoms with Crippen molar-refractivity contribution in [2.75, 3.05) is 18.8 Å². The Balaban J connectivity index is 2.18. The number of amides is 3. The van der Waals surface area contributed by atoms with E-state index in [9.17, 15) is 14.4 Å². The Morgan fingerprint density at radius 1 is 1.35 bits per heavy atom. The fraction of sp³-hybridized carbons (Fsp3) is 0.526. The molecule has 26 heavy (non-hydrogen) atoms. The average molecular weight is 361 g/mol. The molecule has 0 aliphatic carbocycles. The SMILES string of the molecule is Cc1cccc(N)c1C(=O)N(C=O)C1CCCN(C(=O)OC(C)(C)C)C1. The highest BCUT2D eigenvalue weighted by atomic mass is 16.6. The summed E-state index contributed by atoms with van der Waals surface area (Å²) >= 11 is 0. The van der Waals surface area contributed by atoms with Crippen LogP contribution < -0.4 is 5.73 Å². The van der Waals surface area contributed by atoms with E-state index in [4.69, 9.17) is 10.5 Å². The second kappa shape index (κ2) is 7.76. The van der Waals surface area contributed by atoms with Gasteiger partial charge in [-0.1, -0.05) is 12.1 Å². The van der Waals surface area contributed by atoms with Crippen LogP contribution in [-0.2, 0) is 9.53 Å². The molecule has 1 heterocycles. The molecule has 3 amide bonds. The van der Waals surface area contributed by atoms with Gasteiger partial charge in [-0.05, 0) is 52.2 Å². The van der Waals surface area contributed by atoms with Crippen LogP contribution in [-0.4, -0.2) is 52.9 Å². The lowest BCUT2D eigenvalue weighted by atomic mass is 10.0. The zero-order chi connectivity index (χ0) is 19.5. The Kier molecular flexibility index (Phi) is 5.90. The largest absolute Gasteiger partial charge is 0.444 e. The van der Waals surface area contributed by atoms with Crippen LogP contribution in [0.15, 0.2) is 18.2 Å². The van der Waals surface area contributed by atoms with E-state index in [1.807, 2.05) is 0 Å². The number of carbonyl (C=O) groups is 3. The minimum atomic E-state index is -0.597. The van der Waals surface area contributed by atoms with Crippen LogP contribution in [0.4, 0.5) is 10.5 Å². The summed E-state index contributed by atoms with van der Waals surface area (Å²) in [6.07, 6.45) is 1.41. The summed E-state index contributed by atoms with van der Waals surface area (Å²) in [7, 11) is 0. The second-order valence-electron chi connectivity index (χ2n) is 7.58. The predicted molar refractivity (Wildman–Crippen MR) is 98.7 cm³/mol. The molecule has 1 fully saturated rings. The number of likely N-dealkylation sites (tertiary alicyclic amines) is 1. The lowest BCUT2D eigenvalue weighted by Crippen LogP contribution is -2.52. The normalized spacial score (nSPS) is 17.5. The van der Waals surface area contributed by atoms with Gasteiger partial charge in [-0.2, -0.15) is 0 Å². The van der Waals surface area contributed by atoms with Crippen molar-refractivity contribution in [3.63, 3.8) is 0 Å². The molecular weight excluding hydrogens is 334 g/mol. The summed E-state index contributed by atoms with van der Waals surface area (Å²) in [6, 6.07) is 4.77. The molecule has 1 saturated heterocycles. The summed E-state index contributed by atoms with van der Waals surface area (Å²) in [5.74, 6) is -0.438. The number of rotatable bonds is 3. The zero-order valence-electron chi connectivity index (χ0n) is 15.8. The topological polar surface area (TPSA) is 92.9 Å². The Hall–Kier alpha value is -2.57. The average Bonchev–Trinajstić information content (AvgIpc) is 2.54. The van der Waals surface area contributed by atoms with Crippen molar-refractivity contribution >= 4 is 24.1 Å². The molecule has 0 radical (unpaired) electrons. The molecule has 2 N–H and O–H groups in total. The minimum absolute atomic E-state index is 0.255. The summed E-state index contributed by atoms with van der Waals surface area (Å²) in [5, 5.41) is 0. The van der Waals surface area contributed by atoms with E-state index in [2.05, 4.69) is 0 Å². The lowest BCUT2D eigenvalue weighted by Gasteiger charge is -2.37. The molecule has 1 aromatic carbocycles. The van der Waals surface area contributed by atoms with Crippen LogP contribution in [0.5, 0.6) is 0 Å². The first-order valence-corrected chi connectivity index (χ1v) is 8.75. The molecule has 0 bridgehead atoms. The van der Waals surface area contributed by atoms with Gasteiger partial charge in [0.2, 0.25) is 6.41 Å². The highest BCUT2D eigenvalue weighted by Crippen LogP contribution is 2.23. The third-order valence-corrected chi connectivity index (χ3v) is 4.31. The first-order valence-electron chi connectivity index (χ1n) is 8.75. The third-order valence-electron chi connectivity index (χ3n) is 4.31. The summed E-state index contributed by atoms with van der Waals surface area (Å²) in [5.41, 5.74) is 6.72. The number of carbonyl (C=O) groups excluding carboxylic acids is 3. The van der Waals surface area contributed by atoms with Crippen molar-refractivity contribution in [1.29, 1.82) is 0 Å². The summed E-state index contributed by atoms with van der Waals surface area (Å²) < 4.78 is 5.40. The van der Waals surface area contributed by atoms with E-state index in [1.54, 1.807) is 50.8 Å². The first-order chi connectivity index (χ1) is 12.1. The quantitative estimate of drug-likeness (QED) is 0.660. The van der Waals surface area contributed by atoms with E-state index in [0.717, 1.165) is 4.90 Å². The van der Waals surface area contributed by atoms with Crippen molar-refractivity contribution in [2.24, 2.45) is 0 Å². The van der Waals surface area contributed by atoms with Gasteiger partial charge in [0.25, 0.3) is 5.91 Å². The van der Waals surface area contributed by atoms with Crippen molar-refractivity contribution < 1.29 is 19.1 Å². The molecule has 0 saturated carbocycles. The number of anilines is 1. The van der Waals surface area contributed by atoms with Gasteiger partial charge in [0.1, 0.15) is 5.60 Å². The van der Waals surface area contributed by atoms with Gasteiger partial charge in [0.15, 0.2) is 0 Å². The van der Waals surface area contributed by atoms with Crippen molar-refractivity contribution in [3.8, 4) is 0 Å². The van der Waals surface area contributed by atoms with Gasteiger partial charge in [-0.25, -0.2) is 4.79 Å². The molecular formula is C19H27N3O4. The number of imide groups is 1. The van der Waals surface area contributed by atoms with Gasteiger partial charge in [-0.15, -0.1) is 0 Å². The van der Waals surface area contributed by atoms with Crippen LogP contribution in [0.3, 0.4) is 0 Å². The number of aryl methyl sites for hydroxylation is 1. The monoisotopic (exact) mass is 361 g/mol. The standard InChI is InChI=1S/C19H27N3O4/c1-13-7-5-9-15(20)16(13)17(24)22(12-23)14-8-6-10-21(11-14)18(25)26-19(2,3)4/h5,7,9,12,14H,6,8,10-11,20H2,1-4H3. The minimum Gasteiger partial charge on any atom is -0.444 e. The molecule has 1 aromatic rings. The van der Waals surface area contributed by atoms with Crippen LogP contribution >= 0.6 is 0 Å². The maximum Gasteiger partial charge on any atom is 0.410 e. The number of piperidine rings is 1. The van der Waals surface area contributed by atoms with Crippen LogP contribution in [0.2, 0.25) is 0 Å². The number of hydrogen-bond donors (Lipinski definition) is 1. The van der Waals surface area contributed by atoms with Gasteiger partial charge in [0, 0.05) is 18.8 Å². The Morgan fingerprint density at radius 3 is 2.62 bits per heavy atom. The van der Waals surface area contributed by atoms with Crippen LogP contribution in [0, 0.1) is 6.92 Å². The fourth-order valence-corrected chi connectivity index (χ4v) is 3.09. The van der Waals surface area contributed by atoms with Crippen molar-refractivity contribution in [1.82, 2.24) is 9.80 Å². The van der Waals surface area contributed by atoms with Crippen molar-refractivity contribution in [2.45, 2.75) is 52.2 Å². The second-order valence-corrected chi connectivity index (χ2v) is 7.58. The fourth-order valence-electron chi connectivity index (χ4n) is 3.09. The number of benzene rings is 1. The molecule has 0 aromatic heterocycles. The molecule has 1 atom stereocenters. The van der Waals surface area contributed by atoms with Gasteiger partial charge >= 0.3 is 6.09 Å². The highest BCUT2D eigenvalue weighted by molar-refractivity contribution is 6.05. The van der Waals surface area contributed by atoms with Crippen molar-refractivity contribution in [3.05, 3.63) is 29.3 Å². The molecule has 2 rings (SSSR count). The highest BCUT2D eigenvalue weighted by Gasteiger charge is 2.33.